The van der Waals surface area contributed by atoms with E-state index < -0.39 is 5.97 Å². The lowest BCUT2D eigenvalue weighted by atomic mass is 10.0. The van der Waals surface area contributed by atoms with Gasteiger partial charge in [0.2, 0.25) is 0 Å². The van der Waals surface area contributed by atoms with Gasteiger partial charge in [-0.25, -0.2) is 0 Å². The second-order valence-corrected chi connectivity index (χ2v) is 5.64. The molecule has 1 rings (SSSR count). The molecule has 1 aromatic rings. The maximum absolute atomic E-state index is 10.4. The van der Waals surface area contributed by atoms with Gasteiger partial charge in [0, 0.05) is 12.5 Å². The van der Waals surface area contributed by atoms with Crippen LogP contribution in [0.3, 0.4) is 0 Å². The Hall–Kier alpha value is -1.07. The van der Waals surface area contributed by atoms with E-state index in [1.807, 2.05) is 18.2 Å². The highest BCUT2D eigenvalue weighted by Gasteiger charge is 2.09. The molecule has 1 atom stereocenters. The zero-order chi connectivity index (χ0) is 15.0. The number of rotatable bonds is 9. The molecule has 0 aliphatic carbocycles. The number of hydrogen-bond acceptors (Lipinski definition) is 3. The van der Waals surface area contributed by atoms with Gasteiger partial charge in [0.1, 0.15) is 5.75 Å². The van der Waals surface area contributed by atoms with E-state index in [2.05, 4.69) is 22.9 Å². The molecule has 112 valence electrons. The van der Waals surface area contributed by atoms with E-state index in [4.69, 9.17) is 15.6 Å². The molecule has 0 spiro atoms. The maximum atomic E-state index is 10.4. The molecule has 0 fully saturated rings. The SMILES string of the molecule is CCCOc1ccc(C(N)CCCCC(=O)O)cc1Br. The molecule has 5 heteroatoms. The minimum atomic E-state index is -0.751. The monoisotopic (exact) mass is 343 g/mol. The number of unbranched alkanes of at least 4 members (excludes halogenated alkanes) is 1. The Bertz CT molecular complexity index is 437. The van der Waals surface area contributed by atoms with Crippen molar-refractivity contribution in [3.63, 3.8) is 0 Å². The van der Waals surface area contributed by atoms with Gasteiger partial charge in [-0.05, 0) is 52.9 Å². The molecular formula is C15H22BrNO3. The number of nitrogens with two attached hydrogens (primary N) is 1. The fourth-order valence-corrected chi connectivity index (χ4v) is 2.39. The average Bonchev–Trinajstić information content (AvgIpc) is 2.41. The average molecular weight is 344 g/mol. The van der Waals surface area contributed by atoms with Gasteiger partial charge < -0.3 is 15.6 Å². The Morgan fingerprint density at radius 2 is 2.20 bits per heavy atom. The predicted octanol–water partition coefficient (Wildman–Crippen LogP) is 3.88. The van der Waals surface area contributed by atoms with E-state index in [0.717, 1.165) is 35.0 Å². The van der Waals surface area contributed by atoms with Crippen LogP contribution in [0.5, 0.6) is 5.75 Å². The number of carboxylic acids is 1. The van der Waals surface area contributed by atoms with Crippen LogP contribution in [0.2, 0.25) is 0 Å². The Labute approximate surface area is 128 Å². The van der Waals surface area contributed by atoms with Gasteiger partial charge >= 0.3 is 5.97 Å². The van der Waals surface area contributed by atoms with Crippen LogP contribution in [-0.2, 0) is 4.79 Å². The summed E-state index contributed by atoms with van der Waals surface area (Å²) in [5.41, 5.74) is 7.16. The highest BCUT2D eigenvalue weighted by molar-refractivity contribution is 9.10. The van der Waals surface area contributed by atoms with Crippen LogP contribution in [-0.4, -0.2) is 17.7 Å². The number of hydrogen-bond donors (Lipinski definition) is 2. The number of benzene rings is 1. The minimum absolute atomic E-state index is 0.0691. The first-order valence-corrected chi connectivity index (χ1v) is 7.73. The van der Waals surface area contributed by atoms with Crippen molar-refractivity contribution in [3.05, 3.63) is 28.2 Å². The first-order chi connectivity index (χ1) is 9.54. The molecule has 0 aromatic heterocycles. The zero-order valence-corrected chi connectivity index (χ0v) is 13.4. The van der Waals surface area contributed by atoms with Gasteiger partial charge in [-0.1, -0.05) is 19.4 Å². The van der Waals surface area contributed by atoms with Crippen molar-refractivity contribution in [2.24, 2.45) is 5.73 Å². The molecule has 1 unspecified atom stereocenters. The number of ether oxygens (including phenoxy) is 1. The smallest absolute Gasteiger partial charge is 0.303 e. The van der Waals surface area contributed by atoms with Gasteiger partial charge in [0.25, 0.3) is 0 Å². The largest absolute Gasteiger partial charge is 0.492 e. The van der Waals surface area contributed by atoms with Crippen LogP contribution in [0.15, 0.2) is 22.7 Å². The first kappa shape index (κ1) is 17.0. The van der Waals surface area contributed by atoms with Crippen LogP contribution >= 0.6 is 15.9 Å². The molecule has 0 bridgehead atoms. The van der Waals surface area contributed by atoms with E-state index >= 15 is 0 Å². The third-order valence-corrected chi connectivity index (χ3v) is 3.62. The van der Waals surface area contributed by atoms with Crippen LogP contribution in [0, 0.1) is 0 Å². The Balaban J connectivity index is 2.49. The Morgan fingerprint density at radius 1 is 1.45 bits per heavy atom. The predicted molar refractivity (Wildman–Crippen MR) is 83.0 cm³/mol. The fraction of sp³-hybridized carbons (Fsp3) is 0.533. The second kappa shape index (κ2) is 8.97. The summed E-state index contributed by atoms with van der Waals surface area (Å²) in [5.74, 6) is 0.0763. The van der Waals surface area contributed by atoms with E-state index in [9.17, 15) is 4.79 Å². The molecule has 20 heavy (non-hydrogen) atoms. The molecule has 4 nitrogen and oxygen atoms in total. The molecule has 0 heterocycles. The summed E-state index contributed by atoms with van der Waals surface area (Å²) in [6.45, 7) is 2.76. The summed E-state index contributed by atoms with van der Waals surface area (Å²) in [6.07, 6.45) is 3.45. The molecule has 0 radical (unpaired) electrons. The van der Waals surface area contributed by atoms with Gasteiger partial charge in [0.15, 0.2) is 0 Å². The van der Waals surface area contributed by atoms with E-state index in [0.29, 0.717) is 13.0 Å². The Kier molecular flexibility index (Phi) is 7.62. The van der Waals surface area contributed by atoms with E-state index in [1.54, 1.807) is 0 Å². The molecule has 0 amide bonds. The number of aliphatic carboxylic acids is 1. The summed E-state index contributed by atoms with van der Waals surface area (Å²) in [5, 5.41) is 8.58. The van der Waals surface area contributed by atoms with Gasteiger partial charge in [0.05, 0.1) is 11.1 Å². The van der Waals surface area contributed by atoms with Crippen molar-refractivity contribution >= 4 is 21.9 Å². The fourth-order valence-electron chi connectivity index (χ4n) is 1.88. The third-order valence-electron chi connectivity index (χ3n) is 3.00. The van der Waals surface area contributed by atoms with Crippen molar-refractivity contribution in [1.82, 2.24) is 0 Å². The molecular weight excluding hydrogens is 322 g/mol. The summed E-state index contributed by atoms with van der Waals surface area (Å²) in [4.78, 5) is 10.4. The number of halogens is 1. The molecule has 0 saturated heterocycles. The maximum Gasteiger partial charge on any atom is 0.303 e. The highest BCUT2D eigenvalue weighted by Crippen LogP contribution is 2.29. The highest BCUT2D eigenvalue weighted by atomic mass is 79.9. The van der Waals surface area contributed by atoms with Crippen LogP contribution < -0.4 is 10.5 Å². The zero-order valence-electron chi connectivity index (χ0n) is 11.8. The summed E-state index contributed by atoms with van der Waals surface area (Å²) >= 11 is 3.49. The van der Waals surface area contributed by atoms with E-state index in [1.165, 1.54) is 0 Å². The normalized spacial score (nSPS) is 12.2. The topological polar surface area (TPSA) is 72.5 Å². The molecule has 0 aliphatic heterocycles. The first-order valence-electron chi connectivity index (χ1n) is 6.94. The lowest BCUT2D eigenvalue weighted by Gasteiger charge is -2.14. The second-order valence-electron chi connectivity index (χ2n) is 4.78. The molecule has 0 saturated carbocycles. The van der Waals surface area contributed by atoms with Crippen molar-refractivity contribution in [2.45, 2.75) is 45.1 Å². The van der Waals surface area contributed by atoms with Gasteiger partial charge in [-0.2, -0.15) is 0 Å². The minimum Gasteiger partial charge on any atom is -0.492 e. The van der Waals surface area contributed by atoms with Crippen molar-refractivity contribution in [3.8, 4) is 5.75 Å². The van der Waals surface area contributed by atoms with Crippen molar-refractivity contribution < 1.29 is 14.6 Å². The molecule has 3 N–H and O–H groups in total. The molecule has 0 aliphatic rings. The quantitative estimate of drug-likeness (QED) is 0.667. The van der Waals surface area contributed by atoms with E-state index in [-0.39, 0.29) is 12.5 Å². The standard InChI is InChI=1S/C15H22BrNO3/c1-2-9-20-14-8-7-11(10-12(14)16)13(17)5-3-4-6-15(18)19/h7-8,10,13H,2-6,9,17H2,1H3,(H,18,19). The Morgan fingerprint density at radius 3 is 2.80 bits per heavy atom. The lowest BCUT2D eigenvalue weighted by Crippen LogP contribution is -2.10. The van der Waals surface area contributed by atoms with Crippen LogP contribution in [0.4, 0.5) is 0 Å². The lowest BCUT2D eigenvalue weighted by molar-refractivity contribution is -0.137. The summed E-state index contributed by atoms with van der Waals surface area (Å²) in [7, 11) is 0. The van der Waals surface area contributed by atoms with Crippen LogP contribution in [0.25, 0.3) is 0 Å². The summed E-state index contributed by atoms with van der Waals surface area (Å²) in [6, 6.07) is 5.80. The number of carboxylic acid groups (broad SMARTS) is 1. The van der Waals surface area contributed by atoms with Crippen molar-refractivity contribution in [1.29, 1.82) is 0 Å². The van der Waals surface area contributed by atoms with Gasteiger partial charge in [-0.3, -0.25) is 4.79 Å². The molecule has 1 aromatic carbocycles. The number of carbonyl (C=O) groups is 1. The van der Waals surface area contributed by atoms with Crippen molar-refractivity contribution in [2.75, 3.05) is 6.61 Å². The summed E-state index contributed by atoms with van der Waals surface area (Å²) < 4.78 is 6.50. The van der Waals surface area contributed by atoms with Crippen LogP contribution in [0.1, 0.15) is 50.6 Å². The third kappa shape index (κ3) is 5.92. The van der Waals surface area contributed by atoms with Gasteiger partial charge in [-0.15, -0.1) is 0 Å².